The molecule has 2 fully saturated rings. The summed E-state index contributed by atoms with van der Waals surface area (Å²) in [5, 5.41) is 14.2. The van der Waals surface area contributed by atoms with E-state index in [9.17, 15) is 19.5 Å². The van der Waals surface area contributed by atoms with E-state index in [0.717, 1.165) is 12.8 Å². The molecule has 0 aromatic heterocycles. The van der Waals surface area contributed by atoms with Crippen molar-refractivity contribution in [2.24, 2.45) is 29.1 Å². The van der Waals surface area contributed by atoms with Crippen molar-refractivity contribution in [3.63, 3.8) is 0 Å². The van der Waals surface area contributed by atoms with Gasteiger partial charge in [-0.2, -0.15) is 0 Å². The first-order valence-corrected chi connectivity index (χ1v) is 10.5. The predicted molar refractivity (Wildman–Crippen MR) is 110 cm³/mol. The summed E-state index contributed by atoms with van der Waals surface area (Å²) in [6, 6.07) is 5.06. The minimum absolute atomic E-state index is 0.0625. The first-order valence-electron chi connectivity index (χ1n) is 10.1. The zero-order valence-corrected chi connectivity index (χ0v) is 17.7. The number of nitrogens with zero attached hydrogens (tertiary/aromatic N) is 1. The van der Waals surface area contributed by atoms with Gasteiger partial charge >= 0.3 is 5.97 Å². The molecule has 1 aliphatic heterocycles. The molecule has 160 valence electrons. The van der Waals surface area contributed by atoms with Crippen LogP contribution in [0.4, 0.5) is 5.69 Å². The zero-order valence-electron chi connectivity index (χ0n) is 16.9. The number of hydrogen-bond acceptors (Lipinski definition) is 4. The van der Waals surface area contributed by atoms with Gasteiger partial charge in [0.1, 0.15) is 0 Å². The van der Waals surface area contributed by atoms with E-state index in [0.29, 0.717) is 22.9 Å². The third-order valence-corrected chi connectivity index (χ3v) is 6.71. The Hall–Kier alpha value is -2.38. The van der Waals surface area contributed by atoms with Crippen LogP contribution in [0.1, 0.15) is 32.3 Å². The molecule has 1 aromatic carbocycles. The number of carboxylic acids is 1. The van der Waals surface area contributed by atoms with Gasteiger partial charge in [0, 0.05) is 10.7 Å². The number of nitrogens with one attached hydrogen (secondary N) is 1. The lowest BCUT2D eigenvalue weighted by Crippen LogP contribution is -2.47. The fraction of sp³-hybridized carbons (Fsp3) is 0.500. The second kappa shape index (κ2) is 7.71. The maximum absolute atomic E-state index is 12.9. The minimum Gasteiger partial charge on any atom is -0.481 e. The first kappa shape index (κ1) is 20.9. The Bertz CT molecular complexity index is 928. The first-order chi connectivity index (χ1) is 14.2. The fourth-order valence-corrected chi connectivity index (χ4v) is 4.88. The molecule has 5 rings (SSSR count). The van der Waals surface area contributed by atoms with Crippen LogP contribution in [-0.2, 0) is 25.8 Å². The molecular weight excluding hydrogens is 408 g/mol. The molecule has 30 heavy (non-hydrogen) atoms. The standard InChI is InChI=1S/C22H25ClN2O5/c1-22(2)11-30-25(21(22)29)10-14-7-8-15(9-16(14)23)24-19(26)17-12-3-5-13(6-4-12)18(17)20(27)28/h3,5,7-9,12-13,17-18H,4,6,10-11H2,1-2H3,(H,24,26)(H,27,28)/t12?,13?,17-,18+/m0/s1. The largest absolute Gasteiger partial charge is 0.481 e. The molecule has 0 radical (unpaired) electrons. The molecule has 3 aliphatic carbocycles. The number of anilines is 1. The number of carbonyl (C=O) groups is 3. The number of halogens is 1. The van der Waals surface area contributed by atoms with E-state index in [1.807, 2.05) is 26.0 Å². The highest BCUT2D eigenvalue weighted by atomic mass is 35.5. The van der Waals surface area contributed by atoms with Crippen LogP contribution in [0.3, 0.4) is 0 Å². The van der Waals surface area contributed by atoms with Crippen molar-refractivity contribution >= 4 is 35.1 Å². The average molecular weight is 433 g/mol. The molecule has 1 saturated heterocycles. The van der Waals surface area contributed by atoms with Gasteiger partial charge in [-0.15, -0.1) is 0 Å². The van der Waals surface area contributed by atoms with Gasteiger partial charge in [0.05, 0.1) is 30.4 Å². The predicted octanol–water partition coefficient (Wildman–Crippen LogP) is 3.49. The van der Waals surface area contributed by atoms with Crippen LogP contribution in [0.5, 0.6) is 0 Å². The SMILES string of the molecule is CC1(C)CON(Cc2ccc(NC(=O)[C@H]3C4C=CC(CC4)[C@H]3C(=O)O)cc2Cl)C1=O. The smallest absolute Gasteiger partial charge is 0.307 e. The quantitative estimate of drug-likeness (QED) is 0.694. The maximum atomic E-state index is 12.9. The van der Waals surface area contributed by atoms with Crippen LogP contribution in [0.25, 0.3) is 0 Å². The number of carbonyl (C=O) groups excluding carboxylic acids is 2. The zero-order chi connectivity index (χ0) is 21.6. The maximum Gasteiger partial charge on any atom is 0.307 e. The summed E-state index contributed by atoms with van der Waals surface area (Å²) < 4.78 is 0. The lowest BCUT2D eigenvalue weighted by Gasteiger charge is -2.41. The number of allylic oxidation sites excluding steroid dienone is 2. The second-order valence-corrected chi connectivity index (χ2v) is 9.38. The van der Waals surface area contributed by atoms with Gasteiger partial charge in [-0.1, -0.05) is 29.8 Å². The molecule has 4 aliphatic rings. The Morgan fingerprint density at radius 3 is 2.43 bits per heavy atom. The number of rotatable bonds is 5. The lowest BCUT2D eigenvalue weighted by molar-refractivity contribution is -0.165. The summed E-state index contributed by atoms with van der Waals surface area (Å²) in [5.74, 6) is -2.79. The summed E-state index contributed by atoms with van der Waals surface area (Å²) in [6.07, 6.45) is 5.54. The normalized spacial score (nSPS) is 29.3. The Kier molecular flexibility index (Phi) is 5.36. The van der Waals surface area contributed by atoms with E-state index in [2.05, 4.69) is 5.32 Å². The highest BCUT2D eigenvalue weighted by Gasteiger charge is 2.48. The van der Waals surface area contributed by atoms with Crippen LogP contribution in [0.15, 0.2) is 30.4 Å². The molecule has 7 nitrogen and oxygen atoms in total. The molecule has 2 amide bonds. The summed E-state index contributed by atoms with van der Waals surface area (Å²) in [5.41, 5.74) is 0.635. The van der Waals surface area contributed by atoms with Crippen molar-refractivity contribution in [3.8, 4) is 0 Å². The molecule has 1 heterocycles. The molecular formula is C22H25ClN2O5. The highest BCUT2D eigenvalue weighted by Crippen LogP contribution is 2.45. The van der Waals surface area contributed by atoms with E-state index in [-0.39, 0.29) is 30.2 Å². The minimum atomic E-state index is -0.930. The number of benzene rings is 1. The van der Waals surface area contributed by atoms with Gasteiger partial charge in [0.15, 0.2) is 0 Å². The van der Waals surface area contributed by atoms with E-state index < -0.39 is 23.2 Å². The van der Waals surface area contributed by atoms with E-state index in [1.54, 1.807) is 18.2 Å². The van der Waals surface area contributed by atoms with Gasteiger partial charge in [0.2, 0.25) is 5.91 Å². The molecule has 1 saturated carbocycles. The number of hydrogen-bond donors (Lipinski definition) is 2. The van der Waals surface area contributed by atoms with E-state index in [4.69, 9.17) is 16.4 Å². The highest BCUT2D eigenvalue weighted by molar-refractivity contribution is 6.31. The summed E-state index contributed by atoms with van der Waals surface area (Å²) in [7, 11) is 0. The average Bonchev–Trinajstić information content (AvgIpc) is 2.96. The Morgan fingerprint density at radius 1 is 1.23 bits per heavy atom. The third-order valence-electron chi connectivity index (χ3n) is 6.36. The molecule has 2 unspecified atom stereocenters. The van der Waals surface area contributed by atoms with Crippen molar-refractivity contribution in [1.82, 2.24) is 5.06 Å². The van der Waals surface area contributed by atoms with Crippen LogP contribution in [0.2, 0.25) is 5.02 Å². The van der Waals surface area contributed by atoms with Crippen LogP contribution in [0, 0.1) is 29.1 Å². The van der Waals surface area contributed by atoms with Crippen molar-refractivity contribution in [3.05, 3.63) is 40.9 Å². The van der Waals surface area contributed by atoms with Gasteiger partial charge in [-0.25, -0.2) is 5.06 Å². The topological polar surface area (TPSA) is 95.9 Å². The van der Waals surface area contributed by atoms with Crippen molar-refractivity contribution in [2.45, 2.75) is 33.2 Å². The van der Waals surface area contributed by atoms with Crippen LogP contribution >= 0.6 is 11.6 Å². The van der Waals surface area contributed by atoms with E-state index in [1.165, 1.54) is 5.06 Å². The molecule has 1 aromatic rings. The monoisotopic (exact) mass is 432 g/mol. The lowest BCUT2D eigenvalue weighted by atomic mass is 9.62. The summed E-state index contributed by atoms with van der Waals surface area (Å²) >= 11 is 6.39. The fourth-order valence-electron chi connectivity index (χ4n) is 4.64. The van der Waals surface area contributed by atoms with Gasteiger partial charge in [0.25, 0.3) is 5.91 Å². The Balaban J connectivity index is 1.46. The summed E-state index contributed by atoms with van der Waals surface area (Å²) in [6.45, 7) is 4.19. The Labute approximate surface area is 180 Å². The number of aliphatic carboxylic acids is 1. The van der Waals surface area contributed by atoms with Crippen molar-refractivity contribution in [2.75, 3.05) is 11.9 Å². The molecule has 2 bridgehead atoms. The molecule has 0 spiro atoms. The molecule has 4 atom stereocenters. The number of amides is 2. The van der Waals surface area contributed by atoms with Gasteiger partial charge < -0.3 is 10.4 Å². The van der Waals surface area contributed by atoms with Crippen LogP contribution < -0.4 is 5.32 Å². The number of carboxylic acid groups (broad SMARTS) is 1. The Morgan fingerprint density at radius 2 is 1.90 bits per heavy atom. The van der Waals surface area contributed by atoms with Crippen molar-refractivity contribution < 1.29 is 24.3 Å². The third kappa shape index (κ3) is 3.72. The second-order valence-electron chi connectivity index (χ2n) is 8.97. The van der Waals surface area contributed by atoms with E-state index >= 15 is 0 Å². The van der Waals surface area contributed by atoms with Crippen molar-refractivity contribution in [1.29, 1.82) is 0 Å². The van der Waals surface area contributed by atoms with Gasteiger partial charge in [-0.3, -0.25) is 19.2 Å². The summed E-state index contributed by atoms with van der Waals surface area (Å²) in [4.78, 5) is 42.5. The number of hydroxylamine groups is 2. The van der Waals surface area contributed by atoms with Gasteiger partial charge in [-0.05, 0) is 56.2 Å². The number of fused-ring (bicyclic) bond motifs is 2. The molecule has 8 heteroatoms. The van der Waals surface area contributed by atoms with Crippen LogP contribution in [-0.4, -0.2) is 34.6 Å². The molecule has 2 N–H and O–H groups in total.